The molecule has 1 rings (SSSR count). The van der Waals surface area contributed by atoms with Crippen LogP contribution in [0.5, 0.6) is 0 Å². The van der Waals surface area contributed by atoms with Gasteiger partial charge in [-0.3, -0.25) is 19.2 Å². The van der Waals surface area contributed by atoms with Crippen molar-refractivity contribution in [3.63, 3.8) is 0 Å². The van der Waals surface area contributed by atoms with Gasteiger partial charge in [0.15, 0.2) is 0 Å². The van der Waals surface area contributed by atoms with Crippen LogP contribution in [-0.4, -0.2) is 82.4 Å². The maximum atomic E-state index is 12.3. The van der Waals surface area contributed by atoms with Crippen LogP contribution in [0.1, 0.15) is 12.8 Å². The molecule has 24 heavy (non-hydrogen) atoms. The van der Waals surface area contributed by atoms with E-state index in [-0.39, 0.29) is 5.75 Å². The Morgan fingerprint density at radius 2 is 2.00 bits per heavy atom. The Morgan fingerprint density at radius 3 is 2.54 bits per heavy atom. The molecule has 0 saturated carbocycles. The van der Waals surface area contributed by atoms with Crippen molar-refractivity contribution in [2.24, 2.45) is 5.73 Å². The molecule has 0 aromatic heterocycles. The first-order valence-electron chi connectivity index (χ1n) is 7.39. The Balaban J connectivity index is 2.68. The summed E-state index contributed by atoms with van der Waals surface area (Å²) in [5, 5.41) is 22.1. The average Bonchev–Trinajstić information content (AvgIpc) is 3.05. The van der Waals surface area contributed by atoms with Crippen molar-refractivity contribution in [3.8, 4) is 0 Å². The molecule has 0 aromatic rings. The van der Waals surface area contributed by atoms with Gasteiger partial charge in [-0.1, -0.05) is 0 Å². The molecule has 1 saturated heterocycles. The van der Waals surface area contributed by atoms with E-state index >= 15 is 0 Å². The quantitative estimate of drug-likeness (QED) is 0.249. The highest BCUT2D eigenvalue weighted by atomic mass is 32.1. The van der Waals surface area contributed by atoms with Crippen LogP contribution in [0.2, 0.25) is 0 Å². The SMILES string of the molecule is NC(CO)C(=O)N1CCCC1C(=O)NC(CS)C(=O)NCC(=O)O. The maximum absolute atomic E-state index is 12.3. The number of aliphatic carboxylic acids is 1. The molecule has 0 bridgehead atoms. The van der Waals surface area contributed by atoms with Crippen LogP contribution in [0.15, 0.2) is 0 Å². The standard InChI is InChI=1S/C13H22N4O6S/c14-7(5-18)13(23)17-3-1-2-9(17)12(22)16-8(6-24)11(21)15-4-10(19)20/h7-9,18,24H,1-6,14H2,(H,15,21)(H,16,22)(H,19,20). The number of likely N-dealkylation sites (tertiary alicyclic amines) is 1. The second-order valence-electron chi connectivity index (χ2n) is 5.33. The third-order valence-electron chi connectivity index (χ3n) is 3.58. The number of nitrogens with one attached hydrogen (secondary N) is 2. The highest BCUT2D eigenvalue weighted by molar-refractivity contribution is 7.80. The molecule has 1 fully saturated rings. The minimum absolute atomic E-state index is 0.0337. The van der Waals surface area contributed by atoms with Crippen molar-refractivity contribution >= 4 is 36.3 Å². The van der Waals surface area contributed by atoms with Crippen molar-refractivity contribution in [2.45, 2.75) is 31.0 Å². The van der Waals surface area contributed by atoms with Gasteiger partial charge in [0.05, 0.1) is 6.61 Å². The van der Waals surface area contributed by atoms with Crippen LogP contribution in [-0.2, 0) is 19.2 Å². The maximum Gasteiger partial charge on any atom is 0.322 e. The molecule has 136 valence electrons. The molecule has 1 heterocycles. The van der Waals surface area contributed by atoms with Crippen molar-refractivity contribution in [3.05, 3.63) is 0 Å². The van der Waals surface area contributed by atoms with Gasteiger partial charge in [-0.05, 0) is 12.8 Å². The first kappa shape index (κ1) is 20.2. The Morgan fingerprint density at radius 1 is 1.33 bits per heavy atom. The molecule has 1 aliphatic heterocycles. The van der Waals surface area contributed by atoms with Gasteiger partial charge in [-0.2, -0.15) is 12.6 Å². The van der Waals surface area contributed by atoms with Crippen LogP contribution in [0.25, 0.3) is 0 Å². The lowest BCUT2D eigenvalue weighted by molar-refractivity contribution is -0.141. The van der Waals surface area contributed by atoms with Gasteiger partial charge in [0.2, 0.25) is 17.7 Å². The van der Waals surface area contributed by atoms with Crippen LogP contribution < -0.4 is 16.4 Å². The summed E-state index contributed by atoms with van der Waals surface area (Å²) in [5.41, 5.74) is 5.50. The lowest BCUT2D eigenvalue weighted by Gasteiger charge is -2.27. The number of aliphatic hydroxyl groups excluding tert-OH is 1. The van der Waals surface area contributed by atoms with E-state index < -0.39 is 55.0 Å². The highest BCUT2D eigenvalue weighted by Gasteiger charge is 2.37. The largest absolute Gasteiger partial charge is 0.480 e. The van der Waals surface area contributed by atoms with Crippen molar-refractivity contribution in [1.82, 2.24) is 15.5 Å². The number of nitrogens with two attached hydrogens (primary N) is 1. The van der Waals surface area contributed by atoms with Gasteiger partial charge in [-0.25, -0.2) is 0 Å². The van der Waals surface area contributed by atoms with Crippen molar-refractivity contribution < 1.29 is 29.4 Å². The third kappa shape index (κ3) is 5.35. The molecule has 11 heteroatoms. The predicted molar refractivity (Wildman–Crippen MR) is 86.2 cm³/mol. The normalized spacial score (nSPS) is 19.5. The molecule has 3 unspecified atom stereocenters. The Hall–Kier alpha value is -1.85. The molecule has 0 aromatic carbocycles. The monoisotopic (exact) mass is 362 g/mol. The number of rotatable bonds is 8. The molecule has 10 nitrogen and oxygen atoms in total. The fraction of sp³-hybridized carbons (Fsp3) is 0.692. The average molecular weight is 362 g/mol. The Labute approximate surface area is 144 Å². The van der Waals surface area contributed by atoms with Crippen LogP contribution >= 0.6 is 12.6 Å². The Bertz CT molecular complexity index is 503. The summed E-state index contributed by atoms with van der Waals surface area (Å²) >= 11 is 3.97. The van der Waals surface area contributed by atoms with E-state index in [1.54, 1.807) is 0 Å². The molecule has 6 N–H and O–H groups in total. The molecule has 1 aliphatic rings. The van der Waals surface area contributed by atoms with Gasteiger partial charge in [0, 0.05) is 12.3 Å². The summed E-state index contributed by atoms with van der Waals surface area (Å²) in [6, 6.07) is -2.91. The van der Waals surface area contributed by atoms with E-state index in [4.69, 9.17) is 15.9 Å². The summed E-state index contributed by atoms with van der Waals surface area (Å²) < 4.78 is 0. The molecular weight excluding hydrogens is 340 g/mol. The predicted octanol–water partition coefficient (Wildman–Crippen LogP) is -3.09. The number of carboxylic acids is 1. The minimum Gasteiger partial charge on any atom is -0.480 e. The summed E-state index contributed by atoms with van der Waals surface area (Å²) in [6.07, 6.45) is 1.00. The van der Waals surface area contributed by atoms with Gasteiger partial charge in [-0.15, -0.1) is 0 Å². The number of carbonyl (C=O) groups excluding carboxylic acids is 3. The number of amides is 3. The summed E-state index contributed by atoms with van der Waals surface area (Å²) in [4.78, 5) is 48.0. The fourth-order valence-electron chi connectivity index (χ4n) is 2.34. The molecular formula is C13H22N4O6S. The smallest absolute Gasteiger partial charge is 0.322 e. The topological polar surface area (TPSA) is 162 Å². The summed E-state index contributed by atoms with van der Waals surface area (Å²) in [6.45, 7) is -0.764. The number of aliphatic hydroxyl groups is 1. The zero-order valence-electron chi connectivity index (χ0n) is 13.0. The second-order valence-corrected chi connectivity index (χ2v) is 5.70. The van der Waals surface area contributed by atoms with Gasteiger partial charge in [0.1, 0.15) is 24.7 Å². The van der Waals surface area contributed by atoms with Gasteiger partial charge in [0.25, 0.3) is 0 Å². The number of nitrogens with zero attached hydrogens (tertiary/aromatic N) is 1. The number of hydrogen-bond donors (Lipinski definition) is 6. The van der Waals surface area contributed by atoms with Crippen LogP contribution in [0.4, 0.5) is 0 Å². The Kier molecular flexibility index (Phi) is 7.95. The molecule has 0 radical (unpaired) electrons. The third-order valence-corrected chi connectivity index (χ3v) is 3.95. The lowest BCUT2D eigenvalue weighted by atomic mass is 10.1. The fourth-order valence-corrected chi connectivity index (χ4v) is 2.60. The number of carbonyl (C=O) groups is 4. The minimum atomic E-state index is -1.21. The van der Waals surface area contributed by atoms with E-state index in [9.17, 15) is 19.2 Å². The van der Waals surface area contributed by atoms with Crippen LogP contribution in [0.3, 0.4) is 0 Å². The van der Waals surface area contributed by atoms with E-state index in [0.717, 1.165) is 0 Å². The lowest BCUT2D eigenvalue weighted by Crippen LogP contribution is -2.56. The molecule has 0 aliphatic carbocycles. The number of thiol groups is 1. The number of hydrogen-bond acceptors (Lipinski definition) is 7. The highest BCUT2D eigenvalue weighted by Crippen LogP contribution is 2.18. The van der Waals surface area contributed by atoms with Crippen LogP contribution in [0, 0.1) is 0 Å². The van der Waals surface area contributed by atoms with E-state index in [1.807, 2.05) is 0 Å². The van der Waals surface area contributed by atoms with Crippen molar-refractivity contribution in [2.75, 3.05) is 25.4 Å². The first-order valence-corrected chi connectivity index (χ1v) is 8.02. The molecule has 0 spiro atoms. The van der Waals surface area contributed by atoms with Crippen molar-refractivity contribution in [1.29, 1.82) is 0 Å². The van der Waals surface area contributed by atoms with E-state index in [1.165, 1.54) is 4.90 Å². The second kappa shape index (κ2) is 9.45. The zero-order valence-corrected chi connectivity index (χ0v) is 13.9. The summed E-state index contributed by atoms with van der Waals surface area (Å²) in [7, 11) is 0. The van der Waals surface area contributed by atoms with E-state index in [0.29, 0.717) is 19.4 Å². The van der Waals surface area contributed by atoms with Gasteiger partial charge >= 0.3 is 5.97 Å². The van der Waals surface area contributed by atoms with Gasteiger partial charge < -0.3 is 31.5 Å². The zero-order chi connectivity index (χ0) is 18.3. The molecule has 3 amide bonds. The number of carboxylic acid groups (broad SMARTS) is 1. The molecule has 3 atom stereocenters. The van der Waals surface area contributed by atoms with E-state index in [2.05, 4.69) is 23.3 Å². The first-order chi connectivity index (χ1) is 11.3. The summed E-state index contributed by atoms with van der Waals surface area (Å²) in [5.74, 6) is -3.00.